The van der Waals surface area contributed by atoms with Gasteiger partial charge in [-0.3, -0.25) is 9.59 Å². The van der Waals surface area contributed by atoms with Crippen LogP contribution in [0.2, 0.25) is 0 Å². The third-order valence-corrected chi connectivity index (χ3v) is 5.57. The van der Waals surface area contributed by atoms with E-state index >= 15 is 0 Å². The number of rotatable bonds is 3. The van der Waals surface area contributed by atoms with Crippen molar-refractivity contribution in [3.8, 4) is 0 Å². The average molecular weight is 318 g/mol. The minimum atomic E-state index is 0.0297. The van der Waals surface area contributed by atoms with Crippen LogP contribution >= 0.6 is 11.8 Å². The average Bonchev–Trinajstić information content (AvgIpc) is 2.57. The van der Waals surface area contributed by atoms with Gasteiger partial charge < -0.3 is 9.80 Å². The summed E-state index contributed by atoms with van der Waals surface area (Å²) in [5.41, 5.74) is 0.877. The molecule has 1 unspecified atom stereocenters. The standard InChI is InChI=1S/C17H22N2O2S/c1-2-13-7-5-6-10-18(13)16(20)11-19-14-8-3-4-9-15(14)22-12-17(19)21/h3-4,8-9,13H,2,5-7,10-12H2,1H3. The first-order chi connectivity index (χ1) is 10.7. The van der Waals surface area contributed by atoms with Crippen LogP contribution in [0.1, 0.15) is 32.6 Å². The number of carbonyl (C=O) groups is 2. The summed E-state index contributed by atoms with van der Waals surface area (Å²) in [6, 6.07) is 8.18. The molecule has 4 nitrogen and oxygen atoms in total. The lowest BCUT2D eigenvalue weighted by Crippen LogP contribution is -2.50. The van der Waals surface area contributed by atoms with Crippen molar-refractivity contribution >= 4 is 29.3 Å². The maximum absolute atomic E-state index is 12.7. The number of para-hydroxylation sites is 1. The van der Waals surface area contributed by atoms with Crippen molar-refractivity contribution in [3.05, 3.63) is 24.3 Å². The van der Waals surface area contributed by atoms with Gasteiger partial charge in [0.2, 0.25) is 11.8 Å². The highest BCUT2D eigenvalue weighted by atomic mass is 32.2. The van der Waals surface area contributed by atoms with Crippen LogP contribution in [-0.4, -0.2) is 41.6 Å². The molecule has 1 aromatic carbocycles. The van der Waals surface area contributed by atoms with E-state index in [0.717, 1.165) is 36.4 Å². The molecule has 118 valence electrons. The van der Waals surface area contributed by atoms with E-state index in [0.29, 0.717) is 11.8 Å². The van der Waals surface area contributed by atoms with Crippen LogP contribution in [0.3, 0.4) is 0 Å². The molecule has 0 aliphatic carbocycles. The van der Waals surface area contributed by atoms with Gasteiger partial charge in [0, 0.05) is 17.5 Å². The van der Waals surface area contributed by atoms with E-state index in [4.69, 9.17) is 0 Å². The number of piperidine rings is 1. The van der Waals surface area contributed by atoms with Crippen molar-refractivity contribution in [1.82, 2.24) is 4.90 Å². The number of fused-ring (bicyclic) bond motifs is 1. The summed E-state index contributed by atoms with van der Waals surface area (Å²) in [5, 5.41) is 0. The molecular formula is C17H22N2O2S. The molecule has 2 aliphatic rings. The fourth-order valence-corrected chi connectivity index (χ4v) is 4.24. The highest BCUT2D eigenvalue weighted by Crippen LogP contribution is 2.35. The summed E-state index contributed by atoms with van der Waals surface area (Å²) in [7, 11) is 0. The van der Waals surface area contributed by atoms with E-state index in [1.54, 1.807) is 16.7 Å². The Bertz CT molecular complexity index is 576. The molecule has 0 radical (unpaired) electrons. The quantitative estimate of drug-likeness (QED) is 0.860. The lowest BCUT2D eigenvalue weighted by atomic mass is 10.00. The Hall–Kier alpha value is -1.49. The molecule has 1 atom stereocenters. The molecule has 1 saturated heterocycles. The molecule has 0 bridgehead atoms. The maximum atomic E-state index is 12.7. The first-order valence-electron chi connectivity index (χ1n) is 8.02. The zero-order valence-electron chi connectivity index (χ0n) is 13.0. The molecule has 0 N–H and O–H groups in total. The molecule has 0 spiro atoms. The van der Waals surface area contributed by atoms with E-state index in [1.807, 2.05) is 29.2 Å². The van der Waals surface area contributed by atoms with Gasteiger partial charge in [-0.1, -0.05) is 19.1 Å². The van der Waals surface area contributed by atoms with Crippen LogP contribution in [0.5, 0.6) is 0 Å². The predicted molar refractivity (Wildman–Crippen MR) is 89.2 cm³/mol. The number of carbonyl (C=O) groups excluding carboxylic acids is 2. The first kappa shape index (κ1) is 15.4. The van der Waals surface area contributed by atoms with Gasteiger partial charge in [0.15, 0.2) is 0 Å². The number of nitrogens with zero attached hydrogens (tertiary/aromatic N) is 2. The summed E-state index contributed by atoms with van der Waals surface area (Å²) < 4.78 is 0. The molecule has 3 rings (SSSR count). The van der Waals surface area contributed by atoms with Gasteiger partial charge in [0.1, 0.15) is 6.54 Å². The molecule has 0 aromatic heterocycles. The minimum Gasteiger partial charge on any atom is -0.338 e. The van der Waals surface area contributed by atoms with Gasteiger partial charge in [-0.15, -0.1) is 11.8 Å². The summed E-state index contributed by atoms with van der Waals surface area (Å²) in [6.07, 6.45) is 4.35. The summed E-state index contributed by atoms with van der Waals surface area (Å²) in [5.74, 6) is 0.533. The molecule has 2 amide bonds. The zero-order valence-corrected chi connectivity index (χ0v) is 13.8. The molecule has 1 aromatic rings. The SMILES string of the molecule is CCC1CCCCN1C(=O)CN1C(=O)CSc2ccccc21. The zero-order chi connectivity index (χ0) is 15.5. The molecule has 5 heteroatoms. The van der Waals surface area contributed by atoms with Crippen LogP contribution in [-0.2, 0) is 9.59 Å². The second-order valence-electron chi connectivity index (χ2n) is 5.88. The second-order valence-corrected chi connectivity index (χ2v) is 6.90. The van der Waals surface area contributed by atoms with E-state index < -0.39 is 0 Å². The highest BCUT2D eigenvalue weighted by Gasteiger charge is 2.31. The number of amides is 2. The molecular weight excluding hydrogens is 296 g/mol. The Morgan fingerprint density at radius 2 is 2.14 bits per heavy atom. The molecule has 2 aliphatic heterocycles. The van der Waals surface area contributed by atoms with Crippen LogP contribution in [0.25, 0.3) is 0 Å². The van der Waals surface area contributed by atoms with Crippen LogP contribution in [0.15, 0.2) is 29.2 Å². The predicted octanol–water partition coefficient (Wildman–Crippen LogP) is 2.92. The van der Waals surface area contributed by atoms with Gasteiger partial charge in [0.05, 0.1) is 11.4 Å². The minimum absolute atomic E-state index is 0.0297. The fourth-order valence-electron chi connectivity index (χ4n) is 3.31. The summed E-state index contributed by atoms with van der Waals surface area (Å²) in [4.78, 5) is 29.7. The van der Waals surface area contributed by atoms with Crippen molar-refractivity contribution in [3.63, 3.8) is 0 Å². The van der Waals surface area contributed by atoms with Gasteiger partial charge in [0.25, 0.3) is 0 Å². The van der Waals surface area contributed by atoms with Gasteiger partial charge in [-0.2, -0.15) is 0 Å². The van der Waals surface area contributed by atoms with Crippen LogP contribution in [0.4, 0.5) is 5.69 Å². The summed E-state index contributed by atoms with van der Waals surface area (Å²) in [6.45, 7) is 3.14. The van der Waals surface area contributed by atoms with Crippen molar-refractivity contribution in [2.45, 2.75) is 43.5 Å². The third-order valence-electron chi connectivity index (χ3n) is 4.52. The Kier molecular flexibility index (Phi) is 4.71. The Balaban J connectivity index is 1.77. The molecule has 1 fully saturated rings. The van der Waals surface area contributed by atoms with E-state index in [9.17, 15) is 9.59 Å². The highest BCUT2D eigenvalue weighted by molar-refractivity contribution is 8.00. The Labute approximate surface area is 135 Å². The summed E-state index contributed by atoms with van der Waals surface area (Å²) >= 11 is 1.55. The monoisotopic (exact) mass is 318 g/mol. The number of thioether (sulfide) groups is 1. The number of likely N-dealkylation sites (tertiary alicyclic amines) is 1. The van der Waals surface area contributed by atoms with Crippen molar-refractivity contribution in [1.29, 1.82) is 0 Å². The lowest BCUT2D eigenvalue weighted by molar-refractivity contribution is -0.134. The van der Waals surface area contributed by atoms with E-state index in [2.05, 4.69) is 6.92 Å². The number of benzene rings is 1. The van der Waals surface area contributed by atoms with Gasteiger partial charge in [-0.05, 0) is 37.8 Å². The number of hydrogen-bond acceptors (Lipinski definition) is 3. The Morgan fingerprint density at radius 3 is 2.95 bits per heavy atom. The van der Waals surface area contributed by atoms with Crippen molar-refractivity contribution in [2.24, 2.45) is 0 Å². The molecule has 22 heavy (non-hydrogen) atoms. The van der Waals surface area contributed by atoms with Gasteiger partial charge in [-0.25, -0.2) is 0 Å². The van der Waals surface area contributed by atoms with Crippen molar-refractivity contribution < 1.29 is 9.59 Å². The lowest BCUT2D eigenvalue weighted by Gasteiger charge is -2.37. The maximum Gasteiger partial charge on any atom is 0.242 e. The molecule has 2 heterocycles. The largest absolute Gasteiger partial charge is 0.338 e. The normalized spacial score (nSPS) is 21.7. The van der Waals surface area contributed by atoms with E-state index in [1.165, 1.54) is 6.42 Å². The smallest absolute Gasteiger partial charge is 0.242 e. The third kappa shape index (κ3) is 3.00. The van der Waals surface area contributed by atoms with Crippen LogP contribution < -0.4 is 4.90 Å². The number of hydrogen-bond donors (Lipinski definition) is 0. The topological polar surface area (TPSA) is 40.6 Å². The fraction of sp³-hybridized carbons (Fsp3) is 0.529. The van der Waals surface area contributed by atoms with Gasteiger partial charge >= 0.3 is 0 Å². The second kappa shape index (κ2) is 6.73. The van der Waals surface area contributed by atoms with E-state index in [-0.39, 0.29) is 18.4 Å². The number of anilines is 1. The molecule has 0 saturated carbocycles. The van der Waals surface area contributed by atoms with Crippen LogP contribution in [0, 0.1) is 0 Å². The Morgan fingerprint density at radius 1 is 1.32 bits per heavy atom. The first-order valence-corrected chi connectivity index (χ1v) is 9.01. The van der Waals surface area contributed by atoms with Crippen molar-refractivity contribution in [2.75, 3.05) is 23.7 Å².